The minimum Gasteiger partial charge on any atom is -0.397 e. The zero-order valence-corrected chi connectivity index (χ0v) is 10.6. The van der Waals surface area contributed by atoms with Gasteiger partial charge in [0.2, 0.25) is 0 Å². The first kappa shape index (κ1) is 12.0. The van der Waals surface area contributed by atoms with Crippen molar-refractivity contribution in [1.29, 1.82) is 0 Å². The van der Waals surface area contributed by atoms with Crippen LogP contribution < -0.4 is 16.2 Å². The molecule has 100 valence electrons. The lowest BCUT2D eigenvalue weighted by Gasteiger charge is -2.23. The highest BCUT2D eigenvalue weighted by molar-refractivity contribution is 5.88. The molecule has 1 aromatic carbocycles. The van der Waals surface area contributed by atoms with Gasteiger partial charge in [0.25, 0.3) is 5.56 Å². The Bertz CT molecular complexity index is 645. The first-order valence-electron chi connectivity index (χ1n) is 6.35. The fraction of sp³-hybridized carbons (Fsp3) is 0.385. The van der Waals surface area contributed by atoms with Crippen LogP contribution in [0.1, 0.15) is 6.42 Å². The van der Waals surface area contributed by atoms with Gasteiger partial charge in [-0.2, -0.15) is 0 Å². The highest BCUT2D eigenvalue weighted by Gasteiger charge is 2.14. The first-order chi connectivity index (χ1) is 9.25. The lowest BCUT2D eigenvalue weighted by atomic mass is 10.1. The fourth-order valence-corrected chi connectivity index (χ4v) is 2.38. The maximum atomic E-state index is 11.7. The highest BCUT2D eigenvalue weighted by atomic mass is 16.5. The van der Waals surface area contributed by atoms with E-state index in [1.54, 1.807) is 6.07 Å². The van der Waals surface area contributed by atoms with Crippen molar-refractivity contribution in [3.05, 3.63) is 28.8 Å². The van der Waals surface area contributed by atoms with Crippen LogP contribution in [0.5, 0.6) is 0 Å². The van der Waals surface area contributed by atoms with Crippen LogP contribution >= 0.6 is 0 Å². The second-order valence-electron chi connectivity index (χ2n) is 4.61. The molecule has 0 aliphatic carbocycles. The molecule has 0 radical (unpaired) electrons. The average Bonchev–Trinajstić information content (AvgIpc) is 2.68. The summed E-state index contributed by atoms with van der Waals surface area (Å²) in [5, 5.41) is 0.523. The second-order valence-corrected chi connectivity index (χ2v) is 4.61. The van der Waals surface area contributed by atoms with Gasteiger partial charge in [-0.05, 0) is 18.6 Å². The molecule has 1 aliphatic rings. The van der Waals surface area contributed by atoms with Gasteiger partial charge < -0.3 is 20.4 Å². The molecule has 6 heteroatoms. The standard InChI is InChI=1S/C13H16N4O2/c14-10-6-9-11(15-8-16-13(9)18)7-12(10)17-2-1-4-19-5-3-17/h6-8H,1-5,14H2,(H,15,16,18). The number of benzene rings is 1. The van der Waals surface area contributed by atoms with Crippen LogP contribution in [-0.2, 0) is 4.74 Å². The van der Waals surface area contributed by atoms with E-state index in [2.05, 4.69) is 14.9 Å². The summed E-state index contributed by atoms with van der Waals surface area (Å²) in [6.45, 7) is 3.18. The molecular formula is C13H16N4O2. The average molecular weight is 260 g/mol. The lowest BCUT2D eigenvalue weighted by Crippen LogP contribution is -2.27. The Hall–Kier alpha value is -2.08. The Labute approximate surface area is 110 Å². The van der Waals surface area contributed by atoms with Crippen LogP contribution in [0.25, 0.3) is 10.9 Å². The van der Waals surface area contributed by atoms with Gasteiger partial charge in [0.05, 0.1) is 35.2 Å². The minimum atomic E-state index is -0.164. The van der Waals surface area contributed by atoms with Crippen molar-refractivity contribution in [2.24, 2.45) is 0 Å². The van der Waals surface area contributed by atoms with E-state index in [0.29, 0.717) is 23.2 Å². The molecule has 0 unspecified atom stereocenters. The quantitative estimate of drug-likeness (QED) is 0.738. The zero-order chi connectivity index (χ0) is 13.2. The smallest absolute Gasteiger partial charge is 0.258 e. The van der Waals surface area contributed by atoms with Crippen molar-refractivity contribution >= 4 is 22.3 Å². The Kier molecular flexibility index (Phi) is 3.08. The summed E-state index contributed by atoms with van der Waals surface area (Å²) in [5.74, 6) is 0. The Morgan fingerprint density at radius 3 is 3.11 bits per heavy atom. The number of anilines is 2. The lowest BCUT2D eigenvalue weighted by molar-refractivity contribution is 0.152. The van der Waals surface area contributed by atoms with Gasteiger partial charge in [-0.3, -0.25) is 4.79 Å². The Balaban J connectivity index is 2.08. The van der Waals surface area contributed by atoms with Crippen LogP contribution in [0.15, 0.2) is 23.3 Å². The number of rotatable bonds is 1. The van der Waals surface area contributed by atoms with Gasteiger partial charge in [0, 0.05) is 19.7 Å². The van der Waals surface area contributed by atoms with Gasteiger partial charge >= 0.3 is 0 Å². The first-order valence-corrected chi connectivity index (χ1v) is 6.35. The van der Waals surface area contributed by atoms with E-state index in [9.17, 15) is 4.79 Å². The zero-order valence-electron chi connectivity index (χ0n) is 10.6. The van der Waals surface area contributed by atoms with Gasteiger partial charge in [0.15, 0.2) is 0 Å². The molecule has 1 aromatic heterocycles. The number of aromatic amines is 1. The van der Waals surface area contributed by atoms with Crippen molar-refractivity contribution in [3.8, 4) is 0 Å². The van der Waals surface area contributed by atoms with Crippen LogP contribution in [0.4, 0.5) is 11.4 Å². The monoisotopic (exact) mass is 260 g/mol. The van der Waals surface area contributed by atoms with Gasteiger partial charge in [0.1, 0.15) is 0 Å². The van der Waals surface area contributed by atoms with Crippen molar-refractivity contribution < 1.29 is 4.74 Å². The number of H-pyrrole nitrogens is 1. The number of aromatic nitrogens is 2. The number of nitrogens with one attached hydrogen (secondary N) is 1. The number of fused-ring (bicyclic) bond motifs is 1. The molecule has 2 heterocycles. The van der Waals surface area contributed by atoms with E-state index in [-0.39, 0.29) is 5.56 Å². The molecule has 19 heavy (non-hydrogen) atoms. The number of nitrogens with two attached hydrogens (primary N) is 1. The third-order valence-corrected chi connectivity index (χ3v) is 3.35. The van der Waals surface area contributed by atoms with Crippen LogP contribution in [0, 0.1) is 0 Å². The number of hydrogen-bond donors (Lipinski definition) is 2. The molecule has 3 N–H and O–H groups in total. The van der Waals surface area contributed by atoms with Gasteiger partial charge in [-0.1, -0.05) is 0 Å². The SMILES string of the molecule is Nc1cc2c(=O)[nH]cnc2cc1N1CCCOCC1. The fourth-order valence-electron chi connectivity index (χ4n) is 2.38. The molecular weight excluding hydrogens is 244 g/mol. The third-order valence-electron chi connectivity index (χ3n) is 3.35. The Morgan fingerprint density at radius 1 is 1.32 bits per heavy atom. The predicted molar refractivity (Wildman–Crippen MR) is 74.4 cm³/mol. The maximum Gasteiger partial charge on any atom is 0.258 e. The predicted octanol–water partition coefficient (Wildman–Crippen LogP) is 0.732. The van der Waals surface area contributed by atoms with Crippen LogP contribution in [-0.4, -0.2) is 36.3 Å². The molecule has 3 rings (SSSR count). The summed E-state index contributed by atoms with van der Waals surface area (Å²) in [5.41, 5.74) is 8.11. The van der Waals surface area contributed by atoms with E-state index >= 15 is 0 Å². The van der Waals surface area contributed by atoms with E-state index in [4.69, 9.17) is 10.5 Å². The molecule has 0 spiro atoms. The molecule has 0 amide bonds. The second kappa shape index (κ2) is 4.89. The topological polar surface area (TPSA) is 84.2 Å². The number of nitrogen functional groups attached to an aromatic ring is 1. The largest absolute Gasteiger partial charge is 0.397 e. The summed E-state index contributed by atoms with van der Waals surface area (Å²) in [6.07, 6.45) is 2.39. The minimum absolute atomic E-state index is 0.164. The molecule has 2 aromatic rings. The summed E-state index contributed by atoms with van der Waals surface area (Å²) >= 11 is 0. The summed E-state index contributed by atoms with van der Waals surface area (Å²) in [7, 11) is 0. The van der Waals surface area contributed by atoms with Crippen molar-refractivity contribution in [1.82, 2.24) is 9.97 Å². The normalized spacial score (nSPS) is 16.5. The maximum absolute atomic E-state index is 11.7. The Morgan fingerprint density at radius 2 is 2.21 bits per heavy atom. The van der Waals surface area contributed by atoms with Crippen LogP contribution in [0.3, 0.4) is 0 Å². The van der Waals surface area contributed by atoms with Crippen LogP contribution in [0.2, 0.25) is 0 Å². The molecule has 6 nitrogen and oxygen atoms in total. The van der Waals surface area contributed by atoms with E-state index < -0.39 is 0 Å². The summed E-state index contributed by atoms with van der Waals surface area (Å²) in [4.78, 5) is 20.6. The molecule has 1 fully saturated rings. The summed E-state index contributed by atoms with van der Waals surface area (Å²) in [6, 6.07) is 3.58. The highest BCUT2D eigenvalue weighted by Crippen LogP contribution is 2.27. The van der Waals surface area contributed by atoms with E-state index in [1.807, 2.05) is 6.07 Å². The molecule has 0 bridgehead atoms. The number of ether oxygens (including phenoxy) is 1. The van der Waals surface area contributed by atoms with Crippen molar-refractivity contribution in [2.45, 2.75) is 6.42 Å². The van der Waals surface area contributed by atoms with Gasteiger partial charge in [-0.15, -0.1) is 0 Å². The van der Waals surface area contributed by atoms with Crippen molar-refractivity contribution in [3.63, 3.8) is 0 Å². The van der Waals surface area contributed by atoms with E-state index in [0.717, 1.165) is 31.8 Å². The van der Waals surface area contributed by atoms with Gasteiger partial charge in [-0.25, -0.2) is 4.98 Å². The number of nitrogens with zero attached hydrogens (tertiary/aromatic N) is 2. The third kappa shape index (κ3) is 2.26. The summed E-state index contributed by atoms with van der Waals surface area (Å²) < 4.78 is 5.44. The molecule has 0 saturated carbocycles. The number of hydrogen-bond acceptors (Lipinski definition) is 5. The molecule has 0 atom stereocenters. The molecule has 1 saturated heterocycles. The molecule has 1 aliphatic heterocycles. The van der Waals surface area contributed by atoms with Crippen molar-refractivity contribution in [2.75, 3.05) is 36.9 Å². The van der Waals surface area contributed by atoms with E-state index in [1.165, 1.54) is 6.33 Å².